The van der Waals surface area contributed by atoms with Gasteiger partial charge in [0.25, 0.3) is 0 Å². The van der Waals surface area contributed by atoms with Crippen LogP contribution in [-0.2, 0) is 16.4 Å². The molecular formula is C24H19ClFNO5S. The maximum absolute atomic E-state index is 14.4. The normalized spacial score (nSPS) is 11.5. The maximum atomic E-state index is 14.4. The van der Waals surface area contributed by atoms with E-state index >= 15 is 0 Å². The first-order valence-corrected chi connectivity index (χ1v) is 11.7. The molecule has 1 heterocycles. The number of aromatic nitrogens is 1. The average molecular weight is 488 g/mol. The molecule has 0 N–H and O–H groups in total. The Labute approximate surface area is 194 Å². The zero-order valence-corrected chi connectivity index (χ0v) is 19.3. The molecule has 33 heavy (non-hydrogen) atoms. The van der Waals surface area contributed by atoms with E-state index in [9.17, 15) is 17.6 Å². The van der Waals surface area contributed by atoms with E-state index in [0.29, 0.717) is 21.9 Å². The van der Waals surface area contributed by atoms with Gasteiger partial charge >= 0.3 is 0 Å². The second-order valence-corrected chi connectivity index (χ2v) is 9.58. The second-order valence-electron chi connectivity index (χ2n) is 7.22. The van der Waals surface area contributed by atoms with Crippen LogP contribution in [-0.4, -0.2) is 27.2 Å². The number of pyridine rings is 1. The van der Waals surface area contributed by atoms with Crippen LogP contribution in [0.1, 0.15) is 5.56 Å². The molecule has 0 atom stereocenters. The van der Waals surface area contributed by atoms with Crippen LogP contribution in [0.3, 0.4) is 0 Å². The fraction of sp³-hybridized carbons (Fsp3) is 0.125. The van der Waals surface area contributed by atoms with Gasteiger partial charge in [0.15, 0.2) is 11.5 Å². The molecule has 4 rings (SSSR count). The Hall–Kier alpha value is -3.36. The molecule has 0 unspecified atom stereocenters. The van der Waals surface area contributed by atoms with Crippen molar-refractivity contribution >= 4 is 32.3 Å². The highest BCUT2D eigenvalue weighted by Crippen LogP contribution is 2.32. The van der Waals surface area contributed by atoms with Crippen LogP contribution in [0.2, 0.25) is 5.02 Å². The van der Waals surface area contributed by atoms with Gasteiger partial charge in [-0.3, -0.25) is 4.79 Å². The summed E-state index contributed by atoms with van der Waals surface area (Å²) in [6.45, 7) is -0.0118. The number of hydrogen-bond donors (Lipinski definition) is 0. The SMILES string of the molecule is COc1cc2c(=O)c(S(=O)(=O)c3ccc(Cl)cc3)cn(Cc3ccccc3F)c2cc1OC. The van der Waals surface area contributed by atoms with Crippen molar-refractivity contribution in [3.8, 4) is 11.5 Å². The Kier molecular flexibility index (Phi) is 6.14. The standard InChI is InChI=1S/C24H19ClFNO5S/c1-31-21-11-18-20(12-22(21)32-2)27(13-15-5-3-4-6-19(15)26)14-23(24(18)28)33(29,30)17-9-7-16(25)8-10-17/h3-12,14H,13H2,1-2H3. The monoisotopic (exact) mass is 487 g/mol. The van der Waals surface area contributed by atoms with Crippen molar-refractivity contribution in [2.75, 3.05) is 14.2 Å². The summed E-state index contributed by atoms with van der Waals surface area (Å²) < 4.78 is 53.3. The Balaban J connectivity index is 2.04. The number of nitrogens with zero attached hydrogens (tertiary/aromatic N) is 1. The minimum atomic E-state index is -4.20. The lowest BCUT2D eigenvalue weighted by Crippen LogP contribution is -2.20. The van der Waals surface area contributed by atoms with Crippen LogP contribution in [0.25, 0.3) is 10.9 Å². The summed E-state index contributed by atoms with van der Waals surface area (Å²) in [5, 5.41) is 0.459. The number of halogens is 2. The summed E-state index contributed by atoms with van der Waals surface area (Å²) in [7, 11) is -1.34. The molecule has 4 aromatic rings. The van der Waals surface area contributed by atoms with E-state index in [1.807, 2.05) is 0 Å². The van der Waals surface area contributed by atoms with Crippen molar-refractivity contribution in [3.05, 3.63) is 93.5 Å². The first-order valence-electron chi connectivity index (χ1n) is 9.79. The molecule has 9 heteroatoms. The summed E-state index contributed by atoms with van der Waals surface area (Å²) in [5.41, 5.74) is -0.00581. The molecule has 1 aromatic heterocycles. The Morgan fingerprint density at radius 3 is 2.24 bits per heavy atom. The van der Waals surface area contributed by atoms with Gasteiger partial charge in [-0.1, -0.05) is 29.8 Å². The van der Waals surface area contributed by atoms with Gasteiger partial charge in [-0.05, 0) is 36.4 Å². The minimum Gasteiger partial charge on any atom is -0.493 e. The minimum absolute atomic E-state index is 0.0118. The topological polar surface area (TPSA) is 74.6 Å². The molecule has 3 aromatic carbocycles. The summed E-state index contributed by atoms with van der Waals surface area (Å²) in [6.07, 6.45) is 1.23. The van der Waals surface area contributed by atoms with E-state index < -0.39 is 26.0 Å². The molecule has 0 saturated carbocycles. The zero-order valence-electron chi connectivity index (χ0n) is 17.7. The van der Waals surface area contributed by atoms with Crippen LogP contribution in [0.4, 0.5) is 4.39 Å². The lowest BCUT2D eigenvalue weighted by molar-refractivity contribution is 0.355. The molecule has 0 aliphatic carbocycles. The van der Waals surface area contributed by atoms with Crippen molar-refractivity contribution in [1.29, 1.82) is 0 Å². The van der Waals surface area contributed by atoms with Crippen LogP contribution in [0, 0.1) is 5.82 Å². The van der Waals surface area contributed by atoms with Gasteiger partial charge in [-0.15, -0.1) is 0 Å². The van der Waals surface area contributed by atoms with Gasteiger partial charge in [0, 0.05) is 22.8 Å². The lowest BCUT2D eigenvalue weighted by atomic mass is 10.1. The van der Waals surface area contributed by atoms with Crippen molar-refractivity contribution in [1.82, 2.24) is 4.57 Å². The third-order valence-electron chi connectivity index (χ3n) is 5.26. The van der Waals surface area contributed by atoms with Crippen molar-refractivity contribution < 1.29 is 22.3 Å². The molecule has 0 fully saturated rings. The fourth-order valence-electron chi connectivity index (χ4n) is 3.56. The Morgan fingerprint density at radius 1 is 0.970 bits per heavy atom. The van der Waals surface area contributed by atoms with Gasteiger partial charge in [0.1, 0.15) is 10.7 Å². The lowest BCUT2D eigenvalue weighted by Gasteiger charge is -2.17. The number of methoxy groups -OCH3 is 2. The van der Waals surface area contributed by atoms with Crippen molar-refractivity contribution in [2.24, 2.45) is 0 Å². The number of fused-ring (bicyclic) bond motifs is 1. The second kappa shape index (κ2) is 8.88. The predicted octanol–water partition coefficient (Wildman–Crippen LogP) is 4.69. The summed E-state index contributed by atoms with van der Waals surface area (Å²) >= 11 is 5.89. The zero-order chi connectivity index (χ0) is 23.8. The van der Waals surface area contributed by atoms with Gasteiger partial charge in [-0.25, -0.2) is 12.8 Å². The smallest absolute Gasteiger partial charge is 0.211 e. The highest BCUT2D eigenvalue weighted by atomic mass is 35.5. The van der Waals surface area contributed by atoms with Crippen molar-refractivity contribution in [3.63, 3.8) is 0 Å². The molecule has 0 radical (unpaired) electrons. The van der Waals surface area contributed by atoms with Gasteiger partial charge in [0.05, 0.1) is 36.6 Å². The quantitative estimate of drug-likeness (QED) is 0.394. The molecular weight excluding hydrogens is 469 g/mol. The molecule has 0 spiro atoms. The van der Waals surface area contributed by atoms with Crippen LogP contribution < -0.4 is 14.9 Å². The van der Waals surface area contributed by atoms with E-state index in [1.54, 1.807) is 24.3 Å². The largest absolute Gasteiger partial charge is 0.493 e. The van der Waals surface area contributed by atoms with Crippen LogP contribution in [0.5, 0.6) is 11.5 Å². The number of hydrogen-bond acceptors (Lipinski definition) is 5. The molecule has 170 valence electrons. The predicted molar refractivity (Wildman–Crippen MR) is 124 cm³/mol. The Bertz CT molecular complexity index is 1510. The fourth-order valence-corrected chi connectivity index (χ4v) is 5.06. The van der Waals surface area contributed by atoms with E-state index in [-0.39, 0.29) is 22.6 Å². The molecule has 0 saturated heterocycles. The van der Waals surface area contributed by atoms with Gasteiger partial charge < -0.3 is 14.0 Å². The number of sulfone groups is 1. The number of rotatable bonds is 6. The summed E-state index contributed by atoms with van der Waals surface area (Å²) in [4.78, 5) is 12.8. The van der Waals surface area contributed by atoms with E-state index in [0.717, 1.165) is 0 Å². The van der Waals surface area contributed by atoms with Gasteiger partial charge in [-0.2, -0.15) is 0 Å². The summed E-state index contributed by atoms with van der Waals surface area (Å²) in [6, 6.07) is 14.7. The molecule has 0 aliphatic heterocycles. The van der Waals surface area contributed by atoms with E-state index in [2.05, 4.69) is 0 Å². The average Bonchev–Trinajstić information content (AvgIpc) is 2.81. The third kappa shape index (κ3) is 4.19. The highest BCUT2D eigenvalue weighted by molar-refractivity contribution is 7.91. The number of benzene rings is 3. The maximum Gasteiger partial charge on any atom is 0.211 e. The first kappa shape index (κ1) is 22.8. The Morgan fingerprint density at radius 2 is 1.61 bits per heavy atom. The molecule has 6 nitrogen and oxygen atoms in total. The highest BCUT2D eigenvalue weighted by Gasteiger charge is 2.25. The summed E-state index contributed by atoms with van der Waals surface area (Å²) in [5.74, 6) is 0.160. The van der Waals surface area contributed by atoms with Crippen LogP contribution >= 0.6 is 11.6 Å². The third-order valence-corrected chi connectivity index (χ3v) is 7.28. The number of ether oxygens (including phenoxy) is 2. The molecule has 0 amide bonds. The van der Waals surface area contributed by atoms with Gasteiger partial charge in [0.2, 0.25) is 15.3 Å². The van der Waals surface area contributed by atoms with Crippen molar-refractivity contribution in [2.45, 2.75) is 16.3 Å². The first-order chi connectivity index (χ1) is 15.8. The van der Waals surface area contributed by atoms with E-state index in [4.69, 9.17) is 21.1 Å². The van der Waals surface area contributed by atoms with E-state index in [1.165, 1.54) is 61.4 Å². The molecule has 0 aliphatic rings. The van der Waals surface area contributed by atoms with Crippen LogP contribution in [0.15, 0.2) is 81.4 Å². The molecule has 0 bridgehead atoms.